The van der Waals surface area contributed by atoms with Crippen LogP contribution in [-0.2, 0) is 6.54 Å². The van der Waals surface area contributed by atoms with Gasteiger partial charge in [0.25, 0.3) is 5.91 Å². The zero-order valence-corrected chi connectivity index (χ0v) is 18.8. The van der Waals surface area contributed by atoms with Gasteiger partial charge in [0.15, 0.2) is 0 Å². The number of aromatic nitrogens is 4. The van der Waals surface area contributed by atoms with Crippen LogP contribution < -0.4 is 0 Å². The van der Waals surface area contributed by atoms with Crippen molar-refractivity contribution < 1.29 is 9.32 Å². The molecule has 2 aliphatic rings. The summed E-state index contributed by atoms with van der Waals surface area (Å²) in [5, 5.41) is 4.28. The van der Waals surface area contributed by atoms with Gasteiger partial charge in [0.1, 0.15) is 12.0 Å². The molecule has 0 spiro atoms. The minimum atomic E-state index is -0.0139. The van der Waals surface area contributed by atoms with Crippen molar-refractivity contribution in [2.24, 2.45) is 0 Å². The second kappa shape index (κ2) is 8.86. The lowest BCUT2D eigenvalue weighted by Crippen LogP contribution is -2.44. The van der Waals surface area contributed by atoms with Crippen LogP contribution in [0.5, 0.6) is 0 Å². The maximum atomic E-state index is 13.0. The van der Waals surface area contributed by atoms with Gasteiger partial charge in [-0.15, -0.1) is 0 Å². The van der Waals surface area contributed by atoms with Crippen LogP contribution in [0, 0.1) is 0 Å². The minimum absolute atomic E-state index is 0.0139. The Labute approximate surface area is 188 Å². The Hall–Kier alpha value is -3.00. The molecule has 0 unspecified atom stereocenters. The molecular formula is C24H30N6O2. The van der Waals surface area contributed by atoms with Crippen molar-refractivity contribution in [2.75, 3.05) is 19.6 Å². The molecule has 1 fully saturated rings. The first kappa shape index (κ1) is 20.9. The predicted octanol–water partition coefficient (Wildman–Crippen LogP) is 4.23. The van der Waals surface area contributed by atoms with Crippen molar-refractivity contribution in [2.45, 2.75) is 58.5 Å². The second-order valence-electron chi connectivity index (χ2n) is 8.66. The van der Waals surface area contributed by atoms with Crippen LogP contribution in [0.3, 0.4) is 0 Å². The van der Waals surface area contributed by atoms with Gasteiger partial charge in [0, 0.05) is 6.54 Å². The second-order valence-corrected chi connectivity index (χ2v) is 8.66. The number of imidazole rings is 1. The van der Waals surface area contributed by atoms with Crippen molar-refractivity contribution in [3.8, 4) is 17.2 Å². The van der Waals surface area contributed by atoms with Crippen LogP contribution in [0.2, 0.25) is 0 Å². The Balaban J connectivity index is 1.46. The standard InChI is InChI=1S/C24H30N6O2/c1-3-5-12-28(13-6-4-2)15-20-26-23(27-32-20)21-22-19-11-14-29(19)24(31)17-9-7-8-10-18(17)30(22)16-25-21/h7-10,16,19H,3-6,11-15H2,1-2H3/t19-/m0/s1. The van der Waals surface area contributed by atoms with Gasteiger partial charge < -0.3 is 9.42 Å². The number of para-hydroxylation sites is 1. The highest BCUT2D eigenvalue weighted by molar-refractivity contribution is 5.99. The predicted molar refractivity (Wildman–Crippen MR) is 120 cm³/mol. The number of fused-ring (bicyclic) bond motifs is 5. The summed E-state index contributed by atoms with van der Waals surface area (Å²) in [5.74, 6) is 1.19. The van der Waals surface area contributed by atoms with E-state index in [-0.39, 0.29) is 11.9 Å². The maximum Gasteiger partial charge on any atom is 0.256 e. The Kier molecular flexibility index (Phi) is 5.78. The van der Waals surface area contributed by atoms with Crippen LogP contribution in [0.25, 0.3) is 17.2 Å². The average molecular weight is 435 g/mol. The number of unbranched alkanes of at least 4 members (excludes halogenated alkanes) is 2. The lowest BCUT2D eigenvalue weighted by molar-refractivity contribution is 0.0461. The van der Waals surface area contributed by atoms with Crippen LogP contribution >= 0.6 is 0 Å². The molecule has 1 atom stereocenters. The molecule has 0 aliphatic carbocycles. The number of nitrogens with zero attached hydrogens (tertiary/aromatic N) is 6. The quantitative estimate of drug-likeness (QED) is 0.501. The number of carbonyl (C=O) groups is 1. The molecule has 1 aromatic carbocycles. The summed E-state index contributed by atoms with van der Waals surface area (Å²) < 4.78 is 7.66. The summed E-state index contributed by atoms with van der Waals surface area (Å²) in [5.41, 5.74) is 3.23. The number of carbonyl (C=O) groups excluding carboxylic acids is 1. The molecule has 0 radical (unpaired) electrons. The molecule has 8 heteroatoms. The normalized spacial score (nSPS) is 17.0. The van der Waals surface area contributed by atoms with Crippen LogP contribution in [0.4, 0.5) is 0 Å². The summed E-state index contributed by atoms with van der Waals surface area (Å²) in [6.07, 6.45) is 7.33. The minimum Gasteiger partial charge on any atom is -0.337 e. The van der Waals surface area contributed by atoms with Gasteiger partial charge in [-0.25, -0.2) is 4.98 Å². The van der Waals surface area contributed by atoms with Gasteiger partial charge in [-0.05, 0) is 44.5 Å². The van der Waals surface area contributed by atoms with E-state index in [2.05, 4.69) is 28.9 Å². The Morgan fingerprint density at radius 1 is 1.16 bits per heavy atom. The fraction of sp³-hybridized carbons (Fsp3) is 0.500. The van der Waals surface area contributed by atoms with Gasteiger partial charge in [-0.2, -0.15) is 4.98 Å². The molecule has 0 N–H and O–H groups in total. The van der Waals surface area contributed by atoms with E-state index in [9.17, 15) is 4.79 Å². The van der Waals surface area contributed by atoms with E-state index in [4.69, 9.17) is 9.51 Å². The number of hydrogen-bond donors (Lipinski definition) is 0. The van der Waals surface area contributed by atoms with Crippen LogP contribution in [-0.4, -0.2) is 55.0 Å². The average Bonchev–Trinajstić information content (AvgIpc) is 3.40. The molecule has 5 rings (SSSR count). The van der Waals surface area contributed by atoms with Crippen molar-refractivity contribution in [3.05, 3.63) is 47.7 Å². The molecular weight excluding hydrogens is 404 g/mol. The molecule has 2 aliphatic heterocycles. The molecule has 3 aromatic rings. The van der Waals surface area contributed by atoms with Gasteiger partial charge in [0.2, 0.25) is 11.7 Å². The molecule has 1 saturated heterocycles. The molecule has 1 amide bonds. The summed E-state index contributed by atoms with van der Waals surface area (Å²) in [6, 6.07) is 7.69. The Bertz CT molecular complexity index is 1100. The van der Waals surface area contributed by atoms with E-state index < -0.39 is 0 Å². The molecule has 0 saturated carbocycles. The Morgan fingerprint density at radius 3 is 2.66 bits per heavy atom. The summed E-state index contributed by atoms with van der Waals surface area (Å²) in [4.78, 5) is 26.7. The van der Waals surface area contributed by atoms with Crippen molar-refractivity contribution in [3.63, 3.8) is 0 Å². The third-order valence-electron chi connectivity index (χ3n) is 6.49. The first-order valence-electron chi connectivity index (χ1n) is 11.7. The van der Waals surface area contributed by atoms with Crippen molar-refractivity contribution in [1.82, 2.24) is 29.5 Å². The summed E-state index contributed by atoms with van der Waals surface area (Å²) in [6.45, 7) is 7.89. The van der Waals surface area contributed by atoms with Gasteiger partial charge in [-0.1, -0.05) is 44.0 Å². The highest BCUT2D eigenvalue weighted by atomic mass is 16.5. The Morgan fingerprint density at radius 2 is 1.94 bits per heavy atom. The first-order chi connectivity index (χ1) is 15.7. The first-order valence-corrected chi connectivity index (χ1v) is 11.7. The van der Waals surface area contributed by atoms with Crippen molar-refractivity contribution in [1.29, 1.82) is 0 Å². The topological polar surface area (TPSA) is 80.3 Å². The fourth-order valence-corrected chi connectivity index (χ4v) is 4.61. The molecule has 8 nitrogen and oxygen atoms in total. The van der Waals surface area contributed by atoms with Gasteiger partial charge in [0.05, 0.1) is 29.5 Å². The zero-order chi connectivity index (χ0) is 22.1. The fourth-order valence-electron chi connectivity index (χ4n) is 4.61. The largest absolute Gasteiger partial charge is 0.337 e. The number of hydrogen-bond acceptors (Lipinski definition) is 6. The summed E-state index contributed by atoms with van der Waals surface area (Å²) in [7, 11) is 0. The molecule has 32 heavy (non-hydrogen) atoms. The van der Waals surface area contributed by atoms with Crippen molar-refractivity contribution >= 4 is 5.91 Å². The SMILES string of the molecule is CCCCN(CCCC)Cc1nc(-c2ncn3c2[C@@H]2CCN2C(=O)c2ccccc2-3)no1. The van der Waals surface area contributed by atoms with E-state index in [1.807, 2.05) is 33.7 Å². The monoisotopic (exact) mass is 434 g/mol. The smallest absolute Gasteiger partial charge is 0.256 e. The van der Waals surface area contributed by atoms with E-state index in [0.29, 0.717) is 29.5 Å². The van der Waals surface area contributed by atoms with E-state index in [1.54, 1.807) is 6.33 Å². The maximum absolute atomic E-state index is 13.0. The van der Waals surface area contributed by atoms with Gasteiger partial charge in [-0.3, -0.25) is 14.3 Å². The highest BCUT2D eigenvalue weighted by Gasteiger charge is 2.42. The molecule has 168 valence electrons. The zero-order valence-electron chi connectivity index (χ0n) is 18.8. The number of benzene rings is 1. The number of rotatable bonds is 9. The lowest BCUT2D eigenvalue weighted by atomic mass is 9.97. The number of amides is 1. The molecule has 4 heterocycles. The molecule has 2 aromatic heterocycles. The third kappa shape index (κ3) is 3.62. The molecule has 0 bridgehead atoms. The van der Waals surface area contributed by atoms with Gasteiger partial charge >= 0.3 is 0 Å². The van der Waals surface area contributed by atoms with E-state index in [1.165, 1.54) is 0 Å². The third-order valence-corrected chi connectivity index (χ3v) is 6.49. The van der Waals surface area contributed by atoms with Crippen LogP contribution in [0.1, 0.15) is 73.9 Å². The highest BCUT2D eigenvalue weighted by Crippen LogP contribution is 2.42. The van der Waals surface area contributed by atoms with E-state index in [0.717, 1.165) is 63.1 Å². The lowest BCUT2D eigenvalue weighted by Gasteiger charge is -2.39. The van der Waals surface area contributed by atoms with E-state index >= 15 is 0 Å². The summed E-state index contributed by atoms with van der Waals surface area (Å²) >= 11 is 0. The van der Waals surface area contributed by atoms with Crippen LogP contribution in [0.15, 0.2) is 35.1 Å².